The standard InChI is InChI=1S/C23H32N2/c1-2-5-18(6-3-1)7-4-8-24-9-11-25(12-10-24)23-21-14-19-13-20(16-21)17-22(23)15-19/h1-7,19-23H,8-17H2/b7-4+. The molecule has 0 atom stereocenters. The van der Waals surface area contributed by atoms with Gasteiger partial charge in [0.2, 0.25) is 0 Å². The molecule has 0 unspecified atom stereocenters. The van der Waals surface area contributed by atoms with Crippen LogP contribution >= 0.6 is 0 Å². The van der Waals surface area contributed by atoms with E-state index in [9.17, 15) is 0 Å². The first kappa shape index (κ1) is 16.1. The van der Waals surface area contributed by atoms with Crippen molar-refractivity contribution in [2.45, 2.75) is 38.1 Å². The van der Waals surface area contributed by atoms with Crippen LogP contribution in [-0.2, 0) is 0 Å². The number of rotatable bonds is 4. The molecule has 4 aliphatic carbocycles. The predicted octanol–water partition coefficient (Wildman–Crippen LogP) is 4.14. The van der Waals surface area contributed by atoms with Gasteiger partial charge in [-0.05, 0) is 61.3 Å². The molecule has 25 heavy (non-hydrogen) atoms. The summed E-state index contributed by atoms with van der Waals surface area (Å²) >= 11 is 0. The van der Waals surface area contributed by atoms with Gasteiger partial charge in [0.05, 0.1) is 0 Å². The Balaban J connectivity index is 1.14. The quantitative estimate of drug-likeness (QED) is 0.815. The van der Waals surface area contributed by atoms with Crippen molar-refractivity contribution in [3.8, 4) is 0 Å². The van der Waals surface area contributed by atoms with E-state index in [1.165, 1.54) is 31.7 Å². The second-order valence-corrected chi connectivity index (χ2v) is 9.07. The first-order valence-corrected chi connectivity index (χ1v) is 10.5. The molecular formula is C23H32N2. The van der Waals surface area contributed by atoms with Crippen molar-refractivity contribution in [3.05, 3.63) is 42.0 Å². The Labute approximate surface area is 152 Å². The average Bonchev–Trinajstić information content (AvgIpc) is 2.63. The third kappa shape index (κ3) is 3.31. The van der Waals surface area contributed by atoms with Crippen LogP contribution in [0.1, 0.15) is 37.7 Å². The van der Waals surface area contributed by atoms with Crippen molar-refractivity contribution in [1.82, 2.24) is 9.80 Å². The molecule has 2 nitrogen and oxygen atoms in total. The van der Waals surface area contributed by atoms with Gasteiger partial charge in [-0.2, -0.15) is 0 Å². The highest BCUT2D eigenvalue weighted by molar-refractivity contribution is 5.48. The summed E-state index contributed by atoms with van der Waals surface area (Å²) in [5.41, 5.74) is 1.31. The van der Waals surface area contributed by atoms with E-state index in [1.807, 2.05) is 0 Å². The highest BCUT2D eigenvalue weighted by Crippen LogP contribution is 2.55. The van der Waals surface area contributed by atoms with E-state index in [1.54, 1.807) is 32.1 Å². The minimum absolute atomic E-state index is 0.940. The van der Waals surface area contributed by atoms with Gasteiger partial charge in [0.1, 0.15) is 0 Å². The lowest BCUT2D eigenvalue weighted by atomic mass is 9.54. The van der Waals surface area contributed by atoms with E-state index in [-0.39, 0.29) is 0 Å². The number of hydrogen-bond donors (Lipinski definition) is 0. The molecule has 1 aromatic carbocycles. The summed E-state index contributed by atoms with van der Waals surface area (Å²) in [7, 11) is 0. The largest absolute Gasteiger partial charge is 0.297 e. The number of benzene rings is 1. The molecule has 0 radical (unpaired) electrons. The maximum absolute atomic E-state index is 2.89. The molecule has 1 saturated heterocycles. The fraction of sp³-hybridized carbons (Fsp3) is 0.652. The molecule has 5 fully saturated rings. The van der Waals surface area contributed by atoms with Crippen molar-refractivity contribution >= 4 is 6.08 Å². The SMILES string of the molecule is C(=C\c1ccccc1)/CN1CCN(C2C3CC4CC(C3)CC2C4)CC1. The van der Waals surface area contributed by atoms with Crippen LogP contribution in [0, 0.1) is 23.7 Å². The molecule has 0 spiro atoms. The van der Waals surface area contributed by atoms with E-state index in [0.29, 0.717) is 0 Å². The second kappa shape index (κ2) is 6.89. The van der Waals surface area contributed by atoms with Gasteiger partial charge < -0.3 is 0 Å². The zero-order valence-electron chi connectivity index (χ0n) is 15.4. The number of hydrogen-bond acceptors (Lipinski definition) is 2. The first-order valence-electron chi connectivity index (χ1n) is 10.5. The molecule has 0 N–H and O–H groups in total. The normalized spacial score (nSPS) is 38.6. The van der Waals surface area contributed by atoms with Gasteiger partial charge in [0.25, 0.3) is 0 Å². The van der Waals surface area contributed by atoms with E-state index in [2.05, 4.69) is 52.3 Å². The molecule has 5 aliphatic rings. The van der Waals surface area contributed by atoms with Crippen LogP contribution in [0.25, 0.3) is 6.08 Å². The Hall–Kier alpha value is -1.12. The summed E-state index contributed by atoms with van der Waals surface area (Å²) in [5, 5.41) is 0. The zero-order valence-corrected chi connectivity index (χ0v) is 15.4. The zero-order chi connectivity index (χ0) is 16.6. The fourth-order valence-electron chi connectivity index (χ4n) is 6.64. The molecule has 6 rings (SSSR count). The molecule has 1 aliphatic heterocycles. The van der Waals surface area contributed by atoms with Gasteiger partial charge in [0, 0.05) is 38.8 Å². The van der Waals surface area contributed by atoms with Gasteiger partial charge in [-0.1, -0.05) is 42.5 Å². The van der Waals surface area contributed by atoms with E-state index < -0.39 is 0 Å². The summed E-state index contributed by atoms with van der Waals surface area (Å²) in [6.45, 7) is 6.20. The van der Waals surface area contributed by atoms with Crippen molar-refractivity contribution in [2.75, 3.05) is 32.7 Å². The smallest absolute Gasteiger partial charge is 0.0167 e. The Morgan fingerprint density at radius 2 is 1.44 bits per heavy atom. The van der Waals surface area contributed by atoms with Crippen LogP contribution in [-0.4, -0.2) is 48.6 Å². The lowest BCUT2D eigenvalue weighted by Crippen LogP contribution is -2.60. The topological polar surface area (TPSA) is 6.48 Å². The summed E-state index contributed by atoms with van der Waals surface area (Å²) in [5.74, 6) is 4.29. The maximum Gasteiger partial charge on any atom is 0.0167 e. The van der Waals surface area contributed by atoms with E-state index >= 15 is 0 Å². The van der Waals surface area contributed by atoms with Gasteiger partial charge in [-0.25, -0.2) is 0 Å². The van der Waals surface area contributed by atoms with Crippen LogP contribution in [0.3, 0.4) is 0 Å². The predicted molar refractivity (Wildman–Crippen MR) is 104 cm³/mol. The summed E-state index contributed by atoms with van der Waals surface area (Å²) in [6.07, 6.45) is 12.4. The van der Waals surface area contributed by atoms with Crippen LogP contribution in [0.4, 0.5) is 0 Å². The molecule has 4 saturated carbocycles. The molecule has 0 amide bonds. The Kier molecular flexibility index (Phi) is 4.43. The number of piperazine rings is 1. The maximum atomic E-state index is 2.89. The van der Waals surface area contributed by atoms with Gasteiger partial charge >= 0.3 is 0 Å². The van der Waals surface area contributed by atoms with Crippen LogP contribution < -0.4 is 0 Å². The highest BCUT2D eigenvalue weighted by Gasteiger charge is 2.50. The molecule has 1 aromatic rings. The average molecular weight is 337 g/mol. The molecular weight excluding hydrogens is 304 g/mol. The molecule has 1 heterocycles. The highest BCUT2D eigenvalue weighted by atomic mass is 15.3. The third-order valence-electron chi connectivity index (χ3n) is 7.48. The van der Waals surface area contributed by atoms with E-state index in [4.69, 9.17) is 0 Å². The van der Waals surface area contributed by atoms with Crippen molar-refractivity contribution in [3.63, 3.8) is 0 Å². The van der Waals surface area contributed by atoms with Gasteiger partial charge in [-0.3, -0.25) is 9.80 Å². The Morgan fingerprint density at radius 3 is 2.08 bits per heavy atom. The van der Waals surface area contributed by atoms with Crippen LogP contribution in [0.15, 0.2) is 36.4 Å². The minimum Gasteiger partial charge on any atom is -0.297 e. The van der Waals surface area contributed by atoms with Crippen molar-refractivity contribution in [1.29, 1.82) is 0 Å². The summed E-state index contributed by atoms with van der Waals surface area (Å²) in [6, 6.07) is 11.6. The van der Waals surface area contributed by atoms with Gasteiger partial charge in [-0.15, -0.1) is 0 Å². The molecule has 0 aromatic heterocycles. The van der Waals surface area contributed by atoms with E-state index in [0.717, 1.165) is 36.3 Å². The molecule has 134 valence electrons. The Morgan fingerprint density at radius 1 is 0.800 bits per heavy atom. The molecule has 2 heteroatoms. The van der Waals surface area contributed by atoms with Gasteiger partial charge in [0.15, 0.2) is 0 Å². The fourth-order valence-corrected chi connectivity index (χ4v) is 6.64. The second-order valence-electron chi connectivity index (χ2n) is 9.07. The van der Waals surface area contributed by atoms with Crippen molar-refractivity contribution in [2.24, 2.45) is 23.7 Å². The van der Waals surface area contributed by atoms with Crippen LogP contribution in [0.2, 0.25) is 0 Å². The van der Waals surface area contributed by atoms with Crippen LogP contribution in [0.5, 0.6) is 0 Å². The third-order valence-corrected chi connectivity index (χ3v) is 7.48. The first-order chi connectivity index (χ1) is 12.3. The lowest BCUT2D eigenvalue weighted by Gasteiger charge is -2.58. The number of nitrogens with zero attached hydrogens (tertiary/aromatic N) is 2. The summed E-state index contributed by atoms with van der Waals surface area (Å²) < 4.78 is 0. The minimum atomic E-state index is 0.940. The Bertz CT molecular complexity index is 572. The summed E-state index contributed by atoms with van der Waals surface area (Å²) in [4.78, 5) is 5.52. The lowest BCUT2D eigenvalue weighted by molar-refractivity contribution is -0.0757. The van der Waals surface area contributed by atoms with Crippen molar-refractivity contribution < 1.29 is 0 Å². The molecule has 4 bridgehead atoms. The monoisotopic (exact) mass is 336 g/mol.